The number of benzene rings is 6. The normalized spacial score (nSPS) is 12.8. The van der Waals surface area contributed by atoms with Crippen molar-refractivity contribution in [2.75, 3.05) is 0 Å². The molecule has 0 saturated heterocycles. The van der Waals surface area contributed by atoms with Crippen LogP contribution in [-0.2, 0) is 5.41 Å². The quantitative estimate of drug-likeness (QED) is 0.204. The molecule has 0 radical (unpaired) electrons. The molecule has 0 fully saturated rings. The fourth-order valence-electron chi connectivity index (χ4n) is 6.84. The van der Waals surface area contributed by atoms with Gasteiger partial charge in [-0.15, -0.1) is 0 Å². The average molecular weight is 578 g/mol. The number of aromatic nitrogens is 3. The lowest BCUT2D eigenvalue weighted by atomic mass is 9.67. The molecular weight excluding hydrogens is 546 g/mol. The van der Waals surface area contributed by atoms with E-state index in [0.717, 1.165) is 16.7 Å². The Kier molecular flexibility index (Phi) is 6.46. The first-order chi connectivity index (χ1) is 22.1. The molecule has 8 rings (SSSR count). The van der Waals surface area contributed by atoms with Gasteiger partial charge >= 0.3 is 0 Å². The molecule has 0 amide bonds. The van der Waals surface area contributed by atoms with E-state index in [2.05, 4.69) is 129 Å². The third kappa shape index (κ3) is 4.39. The molecule has 214 valence electrons. The third-order valence-electron chi connectivity index (χ3n) is 8.98. The van der Waals surface area contributed by atoms with Crippen LogP contribution in [0.15, 0.2) is 152 Å². The molecule has 0 atom stereocenters. The van der Waals surface area contributed by atoms with Crippen molar-refractivity contribution < 1.29 is 0 Å². The molecule has 1 heterocycles. The van der Waals surface area contributed by atoms with Gasteiger partial charge in [-0.25, -0.2) is 15.0 Å². The second-order valence-electron chi connectivity index (χ2n) is 11.8. The fourth-order valence-corrected chi connectivity index (χ4v) is 6.84. The van der Waals surface area contributed by atoms with E-state index in [1.165, 1.54) is 44.5 Å². The minimum atomic E-state index is -0.499. The molecule has 0 aliphatic heterocycles. The van der Waals surface area contributed by atoms with E-state index in [4.69, 9.17) is 15.0 Å². The Labute approximate surface area is 264 Å². The highest BCUT2D eigenvalue weighted by Gasteiger charge is 2.47. The van der Waals surface area contributed by atoms with Crippen LogP contribution in [0, 0.1) is 13.8 Å². The van der Waals surface area contributed by atoms with Gasteiger partial charge in [0.2, 0.25) is 0 Å². The van der Waals surface area contributed by atoms with E-state index in [1.54, 1.807) is 0 Å². The summed E-state index contributed by atoms with van der Waals surface area (Å²) in [5, 5.41) is 0. The highest BCUT2D eigenvalue weighted by molar-refractivity contribution is 5.94. The number of rotatable bonds is 5. The van der Waals surface area contributed by atoms with Crippen LogP contribution in [0.4, 0.5) is 0 Å². The Hall–Kier alpha value is -5.67. The largest absolute Gasteiger partial charge is 0.208 e. The molecule has 0 unspecified atom stereocenters. The maximum absolute atomic E-state index is 5.14. The molecule has 7 aromatic rings. The lowest BCUT2D eigenvalue weighted by Crippen LogP contribution is -2.28. The molecule has 0 spiro atoms. The average Bonchev–Trinajstić information content (AvgIpc) is 3.41. The minimum Gasteiger partial charge on any atom is -0.208 e. The van der Waals surface area contributed by atoms with Crippen molar-refractivity contribution in [2.24, 2.45) is 0 Å². The van der Waals surface area contributed by atoms with Gasteiger partial charge in [-0.3, -0.25) is 0 Å². The van der Waals surface area contributed by atoms with E-state index in [0.29, 0.717) is 17.5 Å². The maximum atomic E-state index is 5.14. The SMILES string of the molecule is Cc1ccc(C2(c3ccc(C)cc3)c3ccccc3-c3c(-c4nc(-c5ccccc5)nc(-c5ccccc5)n4)cccc32)cc1. The monoisotopic (exact) mass is 577 g/mol. The third-order valence-corrected chi connectivity index (χ3v) is 8.98. The van der Waals surface area contributed by atoms with Crippen molar-refractivity contribution in [3.63, 3.8) is 0 Å². The minimum absolute atomic E-state index is 0.499. The molecule has 3 nitrogen and oxygen atoms in total. The van der Waals surface area contributed by atoms with Crippen molar-refractivity contribution in [2.45, 2.75) is 19.3 Å². The number of aryl methyl sites for hydroxylation is 2. The Morgan fingerprint density at radius 1 is 0.378 bits per heavy atom. The Morgan fingerprint density at radius 2 is 0.822 bits per heavy atom. The van der Waals surface area contributed by atoms with E-state index in [-0.39, 0.29) is 0 Å². The Balaban J connectivity index is 1.45. The van der Waals surface area contributed by atoms with Gasteiger partial charge in [-0.2, -0.15) is 0 Å². The van der Waals surface area contributed by atoms with Crippen LogP contribution < -0.4 is 0 Å². The highest BCUT2D eigenvalue weighted by atomic mass is 15.0. The van der Waals surface area contributed by atoms with E-state index in [1.807, 2.05) is 36.4 Å². The summed E-state index contributed by atoms with van der Waals surface area (Å²) in [7, 11) is 0. The zero-order chi connectivity index (χ0) is 30.4. The molecule has 45 heavy (non-hydrogen) atoms. The fraction of sp³-hybridized carbons (Fsp3) is 0.0714. The molecule has 3 heteroatoms. The standard InChI is InChI=1S/C42H31N3/c1-28-20-24-32(25-21-28)42(33-26-22-29(2)23-27-33)36-18-10-9-16-34(36)38-35(17-11-19-37(38)42)41-44-39(30-12-5-3-6-13-30)43-40(45-41)31-14-7-4-8-15-31/h3-27H,1-2H3. The van der Waals surface area contributed by atoms with Gasteiger partial charge in [0.05, 0.1) is 5.41 Å². The van der Waals surface area contributed by atoms with Gasteiger partial charge in [0.25, 0.3) is 0 Å². The number of hydrogen-bond donors (Lipinski definition) is 0. The summed E-state index contributed by atoms with van der Waals surface area (Å²) in [5.41, 5.74) is 12.2. The molecule has 0 saturated carbocycles. The maximum Gasteiger partial charge on any atom is 0.164 e. The zero-order valence-electron chi connectivity index (χ0n) is 25.3. The van der Waals surface area contributed by atoms with Crippen LogP contribution in [0.1, 0.15) is 33.4 Å². The second-order valence-corrected chi connectivity index (χ2v) is 11.8. The summed E-state index contributed by atoms with van der Waals surface area (Å²) in [6, 6.07) is 53.8. The van der Waals surface area contributed by atoms with Gasteiger partial charge in [0.15, 0.2) is 17.5 Å². The topological polar surface area (TPSA) is 38.7 Å². The molecule has 0 N–H and O–H groups in total. The van der Waals surface area contributed by atoms with Gasteiger partial charge in [0, 0.05) is 16.7 Å². The van der Waals surface area contributed by atoms with Gasteiger partial charge < -0.3 is 0 Å². The molecule has 1 aromatic heterocycles. The van der Waals surface area contributed by atoms with Crippen molar-refractivity contribution in [3.8, 4) is 45.3 Å². The number of hydrogen-bond acceptors (Lipinski definition) is 3. The van der Waals surface area contributed by atoms with E-state index >= 15 is 0 Å². The van der Waals surface area contributed by atoms with Crippen LogP contribution in [0.5, 0.6) is 0 Å². The summed E-state index contributed by atoms with van der Waals surface area (Å²) >= 11 is 0. The first-order valence-electron chi connectivity index (χ1n) is 15.4. The summed E-state index contributed by atoms with van der Waals surface area (Å²) < 4.78 is 0. The van der Waals surface area contributed by atoms with E-state index < -0.39 is 5.41 Å². The Bertz CT molecular complexity index is 2050. The molecule has 0 bridgehead atoms. The van der Waals surface area contributed by atoms with Crippen molar-refractivity contribution >= 4 is 0 Å². The summed E-state index contributed by atoms with van der Waals surface area (Å²) in [6.45, 7) is 4.29. The molecule has 1 aliphatic carbocycles. The first kappa shape index (κ1) is 26.9. The van der Waals surface area contributed by atoms with Crippen LogP contribution in [0.25, 0.3) is 45.3 Å². The predicted octanol–water partition coefficient (Wildman–Crippen LogP) is 9.85. The number of nitrogens with zero attached hydrogens (tertiary/aromatic N) is 3. The summed E-state index contributed by atoms with van der Waals surface area (Å²) in [4.78, 5) is 15.2. The summed E-state index contributed by atoms with van der Waals surface area (Å²) in [6.07, 6.45) is 0. The first-order valence-corrected chi connectivity index (χ1v) is 15.4. The van der Waals surface area contributed by atoms with Crippen LogP contribution in [0.3, 0.4) is 0 Å². The lowest BCUT2D eigenvalue weighted by molar-refractivity contribution is 0.767. The second kappa shape index (κ2) is 10.8. The van der Waals surface area contributed by atoms with Crippen molar-refractivity contribution in [1.82, 2.24) is 15.0 Å². The molecule has 6 aromatic carbocycles. The summed E-state index contributed by atoms with van der Waals surface area (Å²) in [5.74, 6) is 1.98. The smallest absolute Gasteiger partial charge is 0.164 e. The van der Waals surface area contributed by atoms with Crippen LogP contribution in [-0.4, -0.2) is 15.0 Å². The Morgan fingerprint density at radius 3 is 1.38 bits per heavy atom. The van der Waals surface area contributed by atoms with Gasteiger partial charge in [0.1, 0.15) is 0 Å². The van der Waals surface area contributed by atoms with Crippen molar-refractivity contribution in [3.05, 3.63) is 185 Å². The van der Waals surface area contributed by atoms with Crippen LogP contribution >= 0.6 is 0 Å². The van der Waals surface area contributed by atoms with Gasteiger partial charge in [-0.1, -0.05) is 163 Å². The van der Waals surface area contributed by atoms with Crippen LogP contribution in [0.2, 0.25) is 0 Å². The predicted molar refractivity (Wildman–Crippen MR) is 183 cm³/mol. The van der Waals surface area contributed by atoms with Crippen molar-refractivity contribution in [1.29, 1.82) is 0 Å². The highest BCUT2D eigenvalue weighted by Crippen LogP contribution is 2.58. The molecule has 1 aliphatic rings. The lowest BCUT2D eigenvalue weighted by Gasteiger charge is -2.34. The molecular formula is C42H31N3. The number of fused-ring (bicyclic) bond motifs is 3. The van der Waals surface area contributed by atoms with Gasteiger partial charge in [-0.05, 0) is 47.2 Å². The zero-order valence-corrected chi connectivity index (χ0v) is 25.3. The van der Waals surface area contributed by atoms with E-state index in [9.17, 15) is 0 Å².